The smallest absolute Gasteiger partial charge is 0.254 e. The van der Waals surface area contributed by atoms with E-state index in [4.69, 9.17) is 4.74 Å². The zero-order valence-electron chi connectivity index (χ0n) is 16.6. The van der Waals surface area contributed by atoms with Gasteiger partial charge in [0.15, 0.2) is 0 Å². The van der Waals surface area contributed by atoms with E-state index in [1.165, 1.54) is 10.6 Å². The molecule has 0 aromatic carbocycles. The second-order valence-electron chi connectivity index (χ2n) is 8.37. The van der Waals surface area contributed by atoms with Gasteiger partial charge in [0.25, 0.3) is 5.91 Å². The normalized spacial score (nSPS) is 29.2. The zero-order chi connectivity index (χ0) is 19.9. The highest BCUT2D eigenvalue weighted by atomic mass is 32.2. The molecule has 1 aromatic rings. The molecule has 0 spiro atoms. The second-order valence-corrected chi connectivity index (χ2v) is 10.4. The van der Waals surface area contributed by atoms with Crippen LogP contribution in [0, 0.1) is 6.92 Å². The van der Waals surface area contributed by atoms with Crippen molar-refractivity contribution in [3.05, 3.63) is 29.6 Å². The van der Waals surface area contributed by atoms with Gasteiger partial charge >= 0.3 is 0 Å². The molecule has 3 aliphatic heterocycles. The Morgan fingerprint density at radius 2 is 1.75 bits per heavy atom. The van der Waals surface area contributed by atoms with Gasteiger partial charge in [-0.05, 0) is 57.6 Å². The molecule has 4 heterocycles. The van der Waals surface area contributed by atoms with Crippen LogP contribution >= 0.6 is 0 Å². The number of pyridine rings is 1. The van der Waals surface area contributed by atoms with Gasteiger partial charge in [-0.2, -0.15) is 0 Å². The summed E-state index contributed by atoms with van der Waals surface area (Å²) in [6.07, 6.45) is 8.56. The maximum Gasteiger partial charge on any atom is 0.254 e. The van der Waals surface area contributed by atoms with E-state index in [0.717, 1.165) is 49.8 Å². The summed E-state index contributed by atoms with van der Waals surface area (Å²) in [5.74, 6) is 0.109. The van der Waals surface area contributed by atoms with E-state index in [1.54, 1.807) is 12.3 Å². The van der Waals surface area contributed by atoms with E-state index in [9.17, 15) is 13.2 Å². The van der Waals surface area contributed by atoms with Crippen molar-refractivity contribution in [1.29, 1.82) is 0 Å². The fourth-order valence-corrected chi connectivity index (χ4v) is 5.84. The Kier molecular flexibility index (Phi) is 5.46. The lowest BCUT2D eigenvalue weighted by Gasteiger charge is -2.41. The van der Waals surface area contributed by atoms with E-state index in [2.05, 4.69) is 9.88 Å². The molecule has 3 saturated heterocycles. The van der Waals surface area contributed by atoms with Crippen LogP contribution in [0.3, 0.4) is 0 Å². The third-order valence-corrected chi connectivity index (χ3v) is 7.63. The predicted octanol–water partition coefficient (Wildman–Crippen LogP) is 1.97. The third kappa shape index (κ3) is 4.09. The van der Waals surface area contributed by atoms with Crippen molar-refractivity contribution < 1.29 is 17.9 Å². The van der Waals surface area contributed by atoms with Crippen LogP contribution in [-0.4, -0.2) is 72.2 Å². The summed E-state index contributed by atoms with van der Waals surface area (Å²) < 4.78 is 31.2. The highest BCUT2D eigenvalue weighted by Gasteiger charge is 2.44. The molecule has 1 unspecified atom stereocenters. The number of hydrogen-bond acceptors (Lipinski definition) is 5. The van der Waals surface area contributed by atoms with E-state index in [1.807, 2.05) is 13.0 Å². The fourth-order valence-electron chi connectivity index (χ4n) is 4.97. The third-order valence-electron chi connectivity index (χ3n) is 6.32. The van der Waals surface area contributed by atoms with Crippen LogP contribution in [0.1, 0.15) is 54.6 Å². The van der Waals surface area contributed by atoms with Crippen molar-refractivity contribution in [3.8, 4) is 0 Å². The Balaban J connectivity index is 1.35. The van der Waals surface area contributed by atoms with Crippen LogP contribution in [0.4, 0.5) is 0 Å². The summed E-state index contributed by atoms with van der Waals surface area (Å²) in [5, 5.41) is 0. The number of rotatable bonds is 4. The average molecular weight is 408 g/mol. The Labute approximate surface area is 167 Å². The summed E-state index contributed by atoms with van der Waals surface area (Å²) in [6.45, 7) is 2.98. The van der Waals surface area contributed by atoms with Gasteiger partial charge in [0.1, 0.15) is 0 Å². The van der Waals surface area contributed by atoms with E-state index < -0.39 is 10.0 Å². The molecule has 0 N–H and O–H groups in total. The molecule has 0 radical (unpaired) electrons. The molecule has 4 rings (SSSR count). The first-order chi connectivity index (χ1) is 13.3. The van der Waals surface area contributed by atoms with E-state index >= 15 is 0 Å². The average Bonchev–Trinajstić information content (AvgIpc) is 2.91. The van der Waals surface area contributed by atoms with Crippen molar-refractivity contribution in [2.75, 3.05) is 19.3 Å². The van der Waals surface area contributed by atoms with Crippen molar-refractivity contribution in [2.24, 2.45) is 0 Å². The molecule has 3 atom stereocenters. The number of piperidine rings is 2. The van der Waals surface area contributed by atoms with Crippen LogP contribution < -0.4 is 0 Å². The number of sulfonamides is 1. The Morgan fingerprint density at radius 3 is 2.32 bits per heavy atom. The van der Waals surface area contributed by atoms with Gasteiger partial charge in [-0.3, -0.25) is 9.78 Å². The fraction of sp³-hybridized carbons (Fsp3) is 0.700. The van der Waals surface area contributed by atoms with Crippen molar-refractivity contribution in [1.82, 2.24) is 14.2 Å². The molecule has 0 aliphatic carbocycles. The number of aryl methyl sites for hydroxylation is 1. The molecule has 28 heavy (non-hydrogen) atoms. The largest absolute Gasteiger partial charge is 0.375 e. The molecule has 1 aromatic heterocycles. The summed E-state index contributed by atoms with van der Waals surface area (Å²) in [7, 11) is -3.11. The van der Waals surface area contributed by atoms with Gasteiger partial charge in [0.05, 0.1) is 18.5 Å². The summed E-state index contributed by atoms with van der Waals surface area (Å²) in [5.41, 5.74) is 1.58. The SMILES string of the molecule is Cc1cc(C(=O)N2[C@@H]3CC[C@H]2CC(OC2CCN(S(C)(=O)=O)CC2)C3)ccn1. The highest BCUT2D eigenvalue weighted by molar-refractivity contribution is 7.88. The highest BCUT2D eigenvalue weighted by Crippen LogP contribution is 2.38. The topological polar surface area (TPSA) is 79.8 Å². The molecular weight excluding hydrogens is 378 g/mol. The van der Waals surface area contributed by atoms with Gasteiger partial charge in [0, 0.05) is 42.6 Å². The van der Waals surface area contributed by atoms with Gasteiger partial charge in [0.2, 0.25) is 10.0 Å². The van der Waals surface area contributed by atoms with E-state index in [0.29, 0.717) is 13.1 Å². The number of carbonyl (C=O) groups excluding carboxylic acids is 1. The lowest BCUT2D eigenvalue weighted by Crippen LogP contribution is -2.50. The molecule has 0 saturated carbocycles. The first kappa shape index (κ1) is 19.8. The Bertz CT molecular complexity index is 822. The van der Waals surface area contributed by atoms with Gasteiger partial charge in [-0.15, -0.1) is 0 Å². The lowest BCUT2D eigenvalue weighted by molar-refractivity contribution is -0.0689. The van der Waals surface area contributed by atoms with Crippen LogP contribution in [-0.2, 0) is 14.8 Å². The predicted molar refractivity (Wildman–Crippen MR) is 105 cm³/mol. The number of nitrogens with zero attached hydrogens (tertiary/aromatic N) is 3. The first-order valence-electron chi connectivity index (χ1n) is 10.2. The quantitative estimate of drug-likeness (QED) is 0.762. The van der Waals surface area contributed by atoms with Gasteiger partial charge in [-0.1, -0.05) is 0 Å². The Morgan fingerprint density at radius 1 is 1.11 bits per heavy atom. The number of aromatic nitrogens is 1. The molecular formula is C20H29N3O4S. The lowest BCUT2D eigenvalue weighted by atomic mass is 9.97. The summed E-state index contributed by atoms with van der Waals surface area (Å²) >= 11 is 0. The molecule has 7 nitrogen and oxygen atoms in total. The summed E-state index contributed by atoms with van der Waals surface area (Å²) in [6, 6.07) is 4.13. The van der Waals surface area contributed by atoms with Crippen LogP contribution in [0.5, 0.6) is 0 Å². The van der Waals surface area contributed by atoms with Crippen molar-refractivity contribution in [3.63, 3.8) is 0 Å². The van der Waals surface area contributed by atoms with Gasteiger partial charge < -0.3 is 9.64 Å². The van der Waals surface area contributed by atoms with Crippen LogP contribution in [0.15, 0.2) is 18.3 Å². The number of fused-ring (bicyclic) bond motifs is 2. The second kappa shape index (κ2) is 7.72. The van der Waals surface area contributed by atoms with Crippen molar-refractivity contribution >= 4 is 15.9 Å². The molecule has 154 valence electrons. The minimum Gasteiger partial charge on any atom is -0.375 e. The van der Waals surface area contributed by atoms with Gasteiger partial charge in [-0.25, -0.2) is 12.7 Å². The molecule has 2 bridgehead atoms. The van der Waals surface area contributed by atoms with Crippen LogP contribution in [0.2, 0.25) is 0 Å². The molecule has 3 fully saturated rings. The molecule has 8 heteroatoms. The maximum absolute atomic E-state index is 13.0. The minimum absolute atomic E-state index is 0.109. The van der Waals surface area contributed by atoms with E-state index in [-0.39, 0.29) is 30.2 Å². The zero-order valence-corrected chi connectivity index (χ0v) is 17.4. The Hall–Kier alpha value is -1.51. The maximum atomic E-state index is 13.0. The monoisotopic (exact) mass is 407 g/mol. The minimum atomic E-state index is -3.11. The number of ether oxygens (including phenoxy) is 1. The number of carbonyl (C=O) groups is 1. The molecule has 3 aliphatic rings. The number of hydrogen-bond donors (Lipinski definition) is 0. The first-order valence-corrected chi connectivity index (χ1v) is 12.0. The summed E-state index contributed by atoms with van der Waals surface area (Å²) in [4.78, 5) is 19.3. The van der Waals surface area contributed by atoms with Crippen LogP contribution in [0.25, 0.3) is 0 Å². The van der Waals surface area contributed by atoms with Crippen molar-refractivity contribution in [2.45, 2.75) is 69.7 Å². The molecule has 1 amide bonds. The standard InChI is InChI=1S/C20H29N3O4S/c1-14-11-15(5-8-21-14)20(24)23-16-3-4-17(23)13-19(12-16)27-18-6-9-22(10-7-18)28(2,25)26/h5,8,11,16-19H,3-4,6-7,9-10,12-13H2,1-2H3/t16-,17+,19?. The number of amides is 1.